The van der Waals surface area contributed by atoms with Crippen molar-refractivity contribution in [1.29, 1.82) is 0 Å². The summed E-state index contributed by atoms with van der Waals surface area (Å²) in [5.41, 5.74) is 4.17. The molecule has 0 saturated heterocycles. The van der Waals surface area contributed by atoms with Crippen LogP contribution in [0.1, 0.15) is 22.3 Å². The Morgan fingerprint density at radius 2 is 1.20 bits per heavy atom. The summed E-state index contributed by atoms with van der Waals surface area (Å²) in [4.78, 5) is 10.0. The van der Waals surface area contributed by atoms with Gasteiger partial charge in [0.15, 0.2) is 0 Å². The van der Waals surface area contributed by atoms with Crippen molar-refractivity contribution < 1.29 is 23.6 Å². The van der Waals surface area contributed by atoms with Crippen LogP contribution in [0.2, 0.25) is 0 Å². The third-order valence-electron chi connectivity index (χ3n) is 4.38. The minimum atomic E-state index is -0.611. The Balaban J connectivity index is 0.000000461. The van der Waals surface area contributed by atoms with Crippen molar-refractivity contribution in [3.05, 3.63) is 90.3 Å². The molecule has 3 aromatic rings. The molecule has 1 N–H and O–H groups in total. The third kappa shape index (κ3) is 13.4. The number of benzene rings is 3. The molecule has 0 aliphatic rings. The zero-order valence-corrected chi connectivity index (χ0v) is 26.2. The smallest absolute Gasteiger partial charge is 0.298 e. The van der Waals surface area contributed by atoms with E-state index in [1.165, 1.54) is 0 Å². The Morgan fingerprint density at radius 1 is 0.800 bits per heavy atom. The fourth-order valence-corrected chi connectivity index (χ4v) is 3.50. The fourth-order valence-electron chi connectivity index (χ4n) is 2.40. The molecule has 192 valence electrons. The van der Waals surface area contributed by atoms with Crippen molar-refractivity contribution in [1.82, 2.24) is 0 Å². The molecular weight excluding hydrogens is 664 g/mol. The third-order valence-corrected chi connectivity index (χ3v) is 6.96. The van der Waals surface area contributed by atoms with E-state index in [0.29, 0.717) is 12.2 Å². The van der Waals surface area contributed by atoms with Crippen LogP contribution in [0, 0.1) is 20.8 Å². The first-order valence-corrected chi connectivity index (χ1v) is 14.6. The molecule has 0 heterocycles. The van der Waals surface area contributed by atoms with E-state index >= 15 is 0 Å². The fraction of sp³-hybridized carbons (Fsp3) is 0.269. The molecule has 35 heavy (non-hydrogen) atoms. The van der Waals surface area contributed by atoms with Crippen molar-refractivity contribution in [2.45, 2.75) is 27.4 Å². The number of hydrogen-bond acceptors (Lipinski definition) is 5. The topological polar surface area (TPSA) is 72.8 Å². The van der Waals surface area contributed by atoms with Gasteiger partial charge < -0.3 is 14.6 Å². The average Bonchev–Trinajstić information content (AvgIpc) is 2.81. The largest absolute Gasteiger partial charge is 0.496 e. The van der Waals surface area contributed by atoms with Crippen LogP contribution in [0.25, 0.3) is 0 Å². The van der Waals surface area contributed by atoms with E-state index in [0.717, 1.165) is 41.4 Å². The highest BCUT2D eigenvalue weighted by Gasteiger charge is 2.01. The van der Waals surface area contributed by atoms with E-state index in [4.69, 9.17) is 14.6 Å². The van der Waals surface area contributed by atoms with Gasteiger partial charge in [-0.2, -0.15) is 0 Å². The molecule has 0 radical (unpaired) electrons. The number of aliphatic hydroxyl groups excluding tert-OH is 1. The van der Waals surface area contributed by atoms with Crippen LogP contribution < -0.4 is 9.47 Å². The summed E-state index contributed by atoms with van der Waals surface area (Å²) in [5, 5.41) is 8.82. The number of carbonyl (C=O) groups excluding carboxylic acids is 1. The van der Waals surface area contributed by atoms with Gasteiger partial charge >= 0.3 is 0 Å². The molecule has 0 unspecified atom stereocenters. The molecule has 5 nitrogen and oxygen atoms in total. The van der Waals surface area contributed by atoms with E-state index in [1.807, 2.05) is 69.3 Å². The Morgan fingerprint density at radius 3 is 1.57 bits per heavy atom. The molecule has 0 aliphatic heterocycles. The number of rotatable bonds is 4. The highest BCUT2D eigenvalue weighted by molar-refractivity contribution is 9.11. The van der Waals surface area contributed by atoms with Gasteiger partial charge in [0.25, 0.3) is 6.47 Å². The lowest BCUT2D eigenvalue weighted by molar-refractivity contribution is -0.120. The standard InChI is InChI=1S/C8H7BrO2.2C8H9BrO.C2H6OS/c1-6-7(9)3-2-4-8(6)11-5-10;1-6-7(9)4-3-5-8(6)10-2;1-6-7(5-10)3-2-4-8(6)9;1-4(2)3/h2-5H,1H3;3-5H,1-2H3;2-4,10H,5H2,1H3;1-2H3. The number of carbonyl (C=O) groups is 1. The van der Waals surface area contributed by atoms with E-state index in [2.05, 4.69) is 47.8 Å². The maximum atomic E-state index is 10.0. The van der Waals surface area contributed by atoms with Crippen LogP contribution in [-0.4, -0.2) is 35.4 Å². The van der Waals surface area contributed by atoms with Crippen molar-refractivity contribution in [2.75, 3.05) is 19.6 Å². The summed E-state index contributed by atoms with van der Waals surface area (Å²) < 4.78 is 22.4. The molecule has 0 amide bonds. The zero-order valence-electron chi connectivity index (χ0n) is 20.6. The Labute approximate surface area is 236 Å². The summed E-state index contributed by atoms with van der Waals surface area (Å²) in [6.45, 7) is 6.42. The van der Waals surface area contributed by atoms with Crippen LogP contribution in [0.5, 0.6) is 11.5 Å². The number of methoxy groups -OCH3 is 1. The second kappa shape index (κ2) is 18.7. The van der Waals surface area contributed by atoms with E-state index in [-0.39, 0.29) is 6.61 Å². The van der Waals surface area contributed by atoms with Crippen LogP contribution in [-0.2, 0) is 22.2 Å². The van der Waals surface area contributed by atoms with Gasteiger partial charge in [0.1, 0.15) is 11.5 Å². The van der Waals surface area contributed by atoms with Gasteiger partial charge in [-0.05, 0) is 62.2 Å². The molecule has 0 bridgehead atoms. The lowest BCUT2D eigenvalue weighted by atomic mass is 10.1. The summed E-state index contributed by atoms with van der Waals surface area (Å²) in [6.07, 6.45) is 3.28. The number of aliphatic hydroxyl groups is 1. The zero-order chi connectivity index (χ0) is 27.0. The quantitative estimate of drug-likeness (QED) is 0.290. The minimum Gasteiger partial charge on any atom is -0.496 e. The molecule has 3 rings (SSSR count). The molecule has 0 atom stereocenters. The van der Waals surface area contributed by atoms with E-state index in [9.17, 15) is 9.00 Å². The summed E-state index contributed by atoms with van der Waals surface area (Å²) >= 11 is 10.1. The van der Waals surface area contributed by atoms with Crippen molar-refractivity contribution >= 4 is 65.1 Å². The number of halogens is 3. The molecule has 0 aliphatic carbocycles. The molecule has 0 saturated carbocycles. The lowest BCUT2D eigenvalue weighted by Crippen LogP contribution is -1.91. The van der Waals surface area contributed by atoms with Crippen LogP contribution in [0.4, 0.5) is 0 Å². The van der Waals surface area contributed by atoms with Crippen LogP contribution in [0.3, 0.4) is 0 Å². The highest BCUT2D eigenvalue weighted by atomic mass is 79.9. The normalized spacial score (nSPS) is 9.46. The van der Waals surface area contributed by atoms with Crippen molar-refractivity contribution in [3.8, 4) is 11.5 Å². The highest BCUT2D eigenvalue weighted by Crippen LogP contribution is 2.25. The second-order valence-corrected chi connectivity index (χ2v) is 11.1. The van der Waals surface area contributed by atoms with Gasteiger partial charge in [0.05, 0.1) is 13.7 Å². The first kappa shape index (κ1) is 33.5. The van der Waals surface area contributed by atoms with E-state index in [1.54, 1.807) is 25.7 Å². The van der Waals surface area contributed by atoms with Gasteiger partial charge in [-0.15, -0.1) is 0 Å². The molecular formula is C26H31Br3O5S. The van der Waals surface area contributed by atoms with Gasteiger partial charge in [0, 0.05) is 47.9 Å². The van der Waals surface area contributed by atoms with Crippen molar-refractivity contribution in [3.63, 3.8) is 0 Å². The maximum Gasteiger partial charge on any atom is 0.298 e. The average molecular weight is 695 g/mol. The van der Waals surface area contributed by atoms with Crippen LogP contribution in [0.15, 0.2) is 68.0 Å². The molecule has 9 heteroatoms. The van der Waals surface area contributed by atoms with Crippen LogP contribution >= 0.6 is 47.8 Å². The SMILES string of the molecule is COc1cccc(Br)c1C.CS(C)=O.Cc1c(Br)cccc1CO.Cc1c(Br)cccc1OC=O. The van der Waals surface area contributed by atoms with E-state index < -0.39 is 10.8 Å². The number of hydrogen-bond donors (Lipinski definition) is 1. The Hall–Kier alpha value is -1.52. The van der Waals surface area contributed by atoms with Gasteiger partial charge in [-0.3, -0.25) is 9.00 Å². The first-order valence-electron chi connectivity index (χ1n) is 10.2. The lowest BCUT2D eigenvalue weighted by Gasteiger charge is -2.04. The first-order chi connectivity index (χ1) is 16.5. The number of ether oxygens (including phenoxy) is 2. The van der Waals surface area contributed by atoms with Gasteiger partial charge in [-0.1, -0.05) is 72.1 Å². The maximum absolute atomic E-state index is 10.0. The molecule has 0 spiro atoms. The Kier molecular flexibility index (Phi) is 17.9. The van der Waals surface area contributed by atoms with Crippen molar-refractivity contribution in [2.24, 2.45) is 0 Å². The summed E-state index contributed by atoms with van der Waals surface area (Å²) in [5.74, 6) is 1.52. The predicted octanol–water partition coefficient (Wildman–Crippen LogP) is 7.30. The predicted molar refractivity (Wildman–Crippen MR) is 156 cm³/mol. The molecule has 0 fully saturated rings. The van der Waals surface area contributed by atoms with Gasteiger partial charge in [0.2, 0.25) is 0 Å². The monoisotopic (exact) mass is 692 g/mol. The minimum absolute atomic E-state index is 0.116. The second-order valence-electron chi connectivity index (χ2n) is 7.07. The summed E-state index contributed by atoms with van der Waals surface area (Å²) in [6, 6.07) is 17.2. The molecule has 0 aromatic heterocycles. The summed E-state index contributed by atoms with van der Waals surface area (Å²) in [7, 11) is 1.06. The van der Waals surface area contributed by atoms with Gasteiger partial charge in [-0.25, -0.2) is 0 Å². The Bertz CT molecular complexity index is 1040. The molecule has 3 aromatic carbocycles.